The summed E-state index contributed by atoms with van der Waals surface area (Å²) < 4.78 is 13.1. The Labute approximate surface area is 91.5 Å². The number of rotatable bonds is 1. The molecular weight excluding hydrogens is 211 g/mol. The number of halogens is 1. The SMILES string of the molecule is N#Cc1cc(F)cc(N2CC(O)CC2=O)c1. The Kier molecular flexibility index (Phi) is 2.59. The first kappa shape index (κ1) is 10.6. The van der Waals surface area contributed by atoms with Crippen molar-refractivity contribution in [1.82, 2.24) is 0 Å². The number of nitriles is 1. The number of carbonyl (C=O) groups is 1. The minimum absolute atomic E-state index is 0.0401. The molecule has 1 aliphatic rings. The predicted octanol–water partition coefficient (Wildman–Crippen LogP) is 0.795. The summed E-state index contributed by atoms with van der Waals surface area (Å²) in [6.45, 7) is 0.146. The molecule has 0 aliphatic carbocycles. The summed E-state index contributed by atoms with van der Waals surface area (Å²) in [5, 5.41) is 18.0. The van der Waals surface area contributed by atoms with E-state index < -0.39 is 11.9 Å². The highest BCUT2D eigenvalue weighted by Gasteiger charge is 2.29. The molecule has 1 amide bonds. The van der Waals surface area contributed by atoms with Crippen LogP contribution in [0.4, 0.5) is 10.1 Å². The summed E-state index contributed by atoms with van der Waals surface area (Å²) in [4.78, 5) is 12.7. The molecule has 0 spiro atoms. The number of aliphatic hydroxyl groups is 1. The van der Waals surface area contributed by atoms with E-state index in [1.165, 1.54) is 17.0 Å². The fourth-order valence-corrected chi connectivity index (χ4v) is 1.73. The molecule has 2 rings (SSSR count). The van der Waals surface area contributed by atoms with E-state index in [0.717, 1.165) is 6.07 Å². The largest absolute Gasteiger partial charge is 0.391 e. The molecule has 0 aromatic heterocycles. The maximum Gasteiger partial charge on any atom is 0.229 e. The van der Waals surface area contributed by atoms with Crippen LogP contribution in [0.5, 0.6) is 0 Å². The molecule has 4 nitrogen and oxygen atoms in total. The van der Waals surface area contributed by atoms with Crippen molar-refractivity contribution < 1.29 is 14.3 Å². The molecule has 1 atom stereocenters. The third-order valence-corrected chi connectivity index (χ3v) is 2.43. The molecule has 82 valence electrons. The first-order valence-electron chi connectivity index (χ1n) is 4.79. The van der Waals surface area contributed by atoms with Crippen LogP contribution in [0.25, 0.3) is 0 Å². The highest BCUT2D eigenvalue weighted by molar-refractivity contribution is 5.96. The lowest BCUT2D eigenvalue weighted by Crippen LogP contribution is -2.25. The van der Waals surface area contributed by atoms with E-state index in [2.05, 4.69) is 0 Å². The highest BCUT2D eigenvalue weighted by atomic mass is 19.1. The molecule has 1 N–H and O–H groups in total. The third kappa shape index (κ3) is 1.88. The Morgan fingerprint density at radius 2 is 2.25 bits per heavy atom. The summed E-state index contributed by atoms with van der Waals surface area (Å²) >= 11 is 0. The molecule has 1 fully saturated rings. The lowest BCUT2D eigenvalue weighted by Gasteiger charge is -2.15. The van der Waals surface area contributed by atoms with Crippen molar-refractivity contribution in [1.29, 1.82) is 5.26 Å². The molecule has 0 bridgehead atoms. The second kappa shape index (κ2) is 3.91. The van der Waals surface area contributed by atoms with Crippen molar-refractivity contribution in [2.45, 2.75) is 12.5 Å². The molecule has 5 heteroatoms. The third-order valence-electron chi connectivity index (χ3n) is 2.43. The van der Waals surface area contributed by atoms with Gasteiger partial charge in [-0.3, -0.25) is 4.79 Å². The van der Waals surface area contributed by atoms with Gasteiger partial charge in [0.15, 0.2) is 0 Å². The average molecular weight is 220 g/mol. The zero-order valence-corrected chi connectivity index (χ0v) is 8.35. The molecule has 16 heavy (non-hydrogen) atoms. The van der Waals surface area contributed by atoms with Gasteiger partial charge in [0.05, 0.1) is 30.7 Å². The smallest absolute Gasteiger partial charge is 0.229 e. The van der Waals surface area contributed by atoms with Crippen molar-refractivity contribution in [3.05, 3.63) is 29.6 Å². The van der Waals surface area contributed by atoms with Crippen LogP contribution in [0.3, 0.4) is 0 Å². The summed E-state index contributed by atoms with van der Waals surface area (Å²) in [5.74, 6) is -0.828. The van der Waals surface area contributed by atoms with Crippen LogP contribution in [0.1, 0.15) is 12.0 Å². The molecule has 1 aromatic rings. The van der Waals surface area contributed by atoms with Crippen LogP contribution >= 0.6 is 0 Å². The molecule has 1 unspecified atom stereocenters. The monoisotopic (exact) mass is 220 g/mol. The minimum atomic E-state index is -0.721. The zero-order chi connectivity index (χ0) is 11.7. The zero-order valence-electron chi connectivity index (χ0n) is 8.35. The Morgan fingerprint density at radius 1 is 1.50 bits per heavy atom. The maximum absolute atomic E-state index is 13.1. The Bertz CT molecular complexity index is 481. The van der Waals surface area contributed by atoms with Gasteiger partial charge >= 0.3 is 0 Å². The Hall–Kier alpha value is -1.93. The van der Waals surface area contributed by atoms with E-state index in [0.29, 0.717) is 5.69 Å². The van der Waals surface area contributed by atoms with E-state index in [9.17, 15) is 14.3 Å². The van der Waals surface area contributed by atoms with Gasteiger partial charge in [-0.15, -0.1) is 0 Å². The van der Waals surface area contributed by atoms with Gasteiger partial charge in [0.2, 0.25) is 5.91 Å². The van der Waals surface area contributed by atoms with Gasteiger partial charge in [-0.25, -0.2) is 4.39 Å². The predicted molar refractivity (Wildman–Crippen MR) is 54.1 cm³/mol. The van der Waals surface area contributed by atoms with Gasteiger partial charge in [0.1, 0.15) is 5.82 Å². The fraction of sp³-hybridized carbons (Fsp3) is 0.273. The van der Waals surface area contributed by atoms with Crippen LogP contribution in [0.15, 0.2) is 18.2 Å². The van der Waals surface area contributed by atoms with E-state index in [1.807, 2.05) is 6.07 Å². The van der Waals surface area contributed by atoms with Crippen molar-refractivity contribution in [3.63, 3.8) is 0 Å². The van der Waals surface area contributed by atoms with Crippen molar-refractivity contribution >= 4 is 11.6 Å². The van der Waals surface area contributed by atoms with Crippen LogP contribution in [0.2, 0.25) is 0 Å². The van der Waals surface area contributed by atoms with Crippen LogP contribution in [0, 0.1) is 17.1 Å². The summed E-state index contributed by atoms with van der Waals surface area (Å²) in [6.07, 6.45) is -0.681. The number of benzene rings is 1. The van der Waals surface area contributed by atoms with Crippen molar-refractivity contribution in [2.24, 2.45) is 0 Å². The molecule has 0 saturated carbocycles. The van der Waals surface area contributed by atoms with Crippen molar-refractivity contribution in [3.8, 4) is 6.07 Å². The number of anilines is 1. The normalized spacial score (nSPS) is 19.9. The van der Waals surface area contributed by atoms with Gasteiger partial charge in [-0.2, -0.15) is 5.26 Å². The standard InChI is InChI=1S/C11H9FN2O2/c12-8-1-7(5-13)2-9(3-8)14-6-10(15)4-11(14)16/h1-3,10,15H,4,6H2. The molecule has 0 radical (unpaired) electrons. The Balaban J connectivity index is 2.37. The van der Waals surface area contributed by atoms with Gasteiger partial charge in [0.25, 0.3) is 0 Å². The van der Waals surface area contributed by atoms with E-state index in [-0.39, 0.29) is 24.4 Å². The lowest BCUT2D eigenvalue weighted by atomic mass is 10.2. The maximum atomic E-state index is 13.1. The molecule has 1 saturated heterocycles. The fourth-order valence-electron chi connectivity index (χ4n) is 1.73. The topological polar surface area (TPSA) is 64.3 Å². The van der Waals surface area contributed by atoms with Gasteiger partial charge in [-0.05, 0) is 18.2 Å². The number of hydrogen-bond acceptors (Lipinski definition) is 3. The van der Waals surface area contributed by atoms with Crippen LogP contribution in [-0.2, 0) is 4.79 Å². The summed E-state index contributed by atoms with van der Waals surface area (Å²) in [6, 6.07) is 5.52. The van der Waals surface area contributed by atoms with Gasteiger partial charge in [0, 0.05) is 5.69 Å². The number of aliphatic hydroxyl groups excluding tert-OH is 1. The average Bonchev–Trinajstić information content (AvgIpc) is 2.57. The number of β-amino-alcohol motifs (C(OH)–C–C–N with tert-alkyl or cyclic N) is 1. The number of carbonyl (C=O) groups excluding carboxylic acids is 1. The quantitative estimate of drug-likeness (QED) is 0.761. The molecule has 1 aromatic carbocycles. The second-order valence-corrected chi connectivity index (χ2v) is 3.67. The first-order chi connectivity index (χ1) is 7.60. The molecule has 1 heterocycles. The lowest BCUT2D eigenvalue weighted by molar-refractivity contribution is -0.117. The highest BCUT2D eigenvalue weighted by Crippen LogP contribution is 2.23. The number of amides is 1. The Morgan fingerprint density at radius 3 is 2.81 bits per heavy atom. The number of hydrogen-bond donors (Lipinski definition) is 1. The molecular formula is C11H9FN2O2. The van der Waals surface area contributed by atoms with Crippen LogP contribution in [-0.4, -0.2) is 23.7 Å². The summed E-state index contributed by atoms with van der Waals surface area (Å²) in [5.41, 5.74) is 0.474. The van der Waals surface area contributed by atoms with Crippen LogP contribution < -0.4 is 4.90 Å². The van der Waals surface area contributed by atoms with Gasteiger partial charge in [-0.1, -0.05) is 0 Å². The van der Waals surface area contributed by atoms with Crippen molar-refractivity contribution in [2.75, 3.05) is 11.4 Å². The number of nitrogens with zero attached hydrogens (tertiary/aromatic N) is 2. The minimum Gasteiger partial charge on any atom is -0.391 e. The second-order valence-electron chi connectivity index (χ2n) is 3.67. The van der Waals surface area contributed by atoms with E-state index in [4.69, 9.17) is 5.26 Å². The molecule has 1 aliphatic heterocycles. The van der Waals surface area contributed by atoms with Gasteiger partial charge < -0.3 is 10.0 Å². The first-order valence-corrected chi connectivity index (χ1v) is 4.79. The van der Waals surface area contributed by atoms with E-state index in [1.54, 1.807) is 0 Å². The van der Waals surface area contributed by atoms with E-state index >= 15 is 0 Å². The summed E-state index contributed by atoms with van der Waals surface area (Å²) in [7, 11) is 0.